The molecular weight excluding hydrogens is 507 g/mol. The summed E-state index contributed by atoms with van der Waals surface area (Å²) in [5.74, 6) is -1.57. The number of ether oxygens (including phenoxy) is 2. The average Bonchev–Trinajstić information content (AvgIpc) is 2.81. The van der Waals surface area contributed by atoms with Crippen LogP contribution in [0.15, 0.2) is 18.2 Å². The fourth-order valence-electron chi connectivity index (χ4n) is 4.21. The number of rotatable bonds is 7. The van der Waals surface area contributed by atoms with Gasteiger partial charge in [-0.2, -0.15) is 0 Å². The summed E-state index contributed by atoms with van der Waals surface area (Å²) in [5, 5.41) is 8.02. The van der Waals surface area contributed by atoms with E-state index in [4.69, 9.17) is 9.47 Å². The van der Waals surface area contributed by atoms with Crippen molar-refractivity contribution in [3.05, 3.63) is 24.0 Å². The minimum atomic E-state index is -0.732. The predicted molar refractivity (Wildman–Crippen MR) is 147 cm³/mol. The fourth-order valence-corrected chi connectivity index (χ4v) is 4.21. The number of amides is 3. The lowest BCUT2D eigenvalue weighted by Crippen LogP contribution is -2.54. The molecule has 39 heavy (non-hydrogen) atoms. The summed E-state index contributed by atoms with van der Waals surface area (Å²) in [4.78, 5) is 48.6. The Morgan fingerprint density at radius 1 is 1.15 bits per heavy atom. The molecule has 2 saturated heterocycles. The molecule has 2 aliphatic rings. The van der Waals surface area contributed by atoms with Gasteiger partial charge in [-0.1, -0.05) is 0 Å². The highest BCUT2D eigenvalue weighted by Gasteiger charge is 2.38. The molecule has 218 valence electrons. The quantitative estimate of drug-likeness (QED) is 0.268. The van der Waals surface area contributed by atoms with E-state index < -0.39 is 28.9 Å². The molecule has 2 fully saturated rings. The smallest absolute Gasteiger partial charge is 0.308 e. The van der Waals surface area contributed by atoms with Crippen LogP contribution < -0.4 is 20.9 Å². The Balaban J connectivity index is 0.000000798. The maximum atomic E-state index is 14.9. The number of methoxy groups -OCH3 is 1. The van der Waals surface area contributed by atoms with E-state index in [-0.39, 0.29) is 30.3 Å². The Labute approximate surface area is 230 Å². The van der Waals surface area contributed by atoms with Crippen molar-refractivity contribution in [2.45, 2.75) is 96.4 Å². The standard InChI is InChI=1S/C23H31FN4O5.C5H12O/c1-22(2,3)33-20(31)13-23(25-14-29)8-10-28(11-9-23)18-6-4-15(12-16(18)24)26-17-5-7-19(30)27-21(17)32;1-5(2,3)6-4/h4,6,12,14,17,26H,5,7-11,13H2,1-3H3,(H,25,29)(H,27,30,32);1-4H3. The third-order valence-electron chi connectivity index (χ3n) is 6.47. The van der Waals surface area contributed by atoms with Crippen molar-refractivity contribution in [3.63, 3.8) is 0 Å². The van der Waals surface area contributed by atoms with Crippen LogP contribution in [0.4, 0.5) is 15.8 Å². The number of esters is 1. The van der Waals surface area contributed by atoms with Crippen LogP contribution in [0.5, 0.6) is 0 Å². The van der Waals surface area contributed by atoms with E-state index in [2.05, 4.69) is 16.0 Å². The number of carbonyl (C=O) groups is 4. The molecular formula is C28H43FN4O6. The Morgan fingerprint density at radius 3 is 2.26 bits per heavy atom. The SMILES string of the molecule is CC(C)(C)OC(=O)CC1(NC=O)CCN(c2ccc(NC3CCC(=O)NC3=O)cc2F)CC1.COC(C)(C)C. The third kappa shape index (κ3) is 10.5. The van der Waals surface area contributed by atoms with Crippen molar-refractivity contribution in [2.24, 2.45) is 0 Å². The molecule has 1 aromatic carbocycles. The van der Waals surface area contributed by atoms with Crippen molar-refractivity contribution < 1.29 is 33.0 Å². The Bertz CT molecular complexity index is 1030. The lowest BCUT2D eigenvalue weighted by Gasteiger charge is -2.42. The summed E-state index contributed by atoms with van der Waals surface area (Å²) < 4.78 is 25.2. The second-order valence-electron chi connectivity index (χ2n) is 11.9. The highest BCUT2D eigenvalue weighted by atomic mass is 19.1. The van der Waals surface area contributed by atoms with Gasteiger partial charge in [-0.15, -0.1) is 0 Å². The molecule has 0 spiro atoms. The van der Waals surface area contributed by atoms with Gasteiger partial charge in [-0.25, -0.2) is 4.39 Å². The number of piperidine rings is 2. The van der Waals surface area contributed by atoms with E-state index in [1.54, 1.807) is 40.0 Å². The van der Waals surface area contributed by atoms with E-state index in [0.29, 0.717) is 50.1 Å². The first-order chi connectivity index (χ1) is 18.1. The van der Waals surface area contributed by atoms with Gasteiger partial charge in [-0.3, -0.25) is 24.5 Å². The van der Waals surface area contributed by atoms with Gasteiger partial charge in [0.1, 0.15) is 17.5 Å². The van der Waals surface area contributed by atoms with Gasteiger partial charge >= 0.3 is 5.97 Å². The molecule has 10 nitrogen and oxygen atoms in total. The molecule has 1 unspecified atom stereocenters. The normalized spacial score (nSPS) is 19.3. The van der Waals surface area contributed by atoms with Crippen molar-refractivity contribution in [1.29, 1.82) is 0 Å². The molecule has 3 N–H and O–H groups in total. The zero-order chi connectivity index (χ0) is 29.4. The van der Waals surface area contributed by atoms with Gasteiger partial charge in [0, 0.05) is 32.3 Å². The van der Waals surface area contributed by atoms with Crippen molar-refractivity contribution in [3.8, 4) is 0 Å². The monoisotopic (exact) mass is 550 g/mol. The van der Waals surface area contributed by atoms with E-state index in [1.165, 1.54) is 6.07 Å². The van der Waals surface area contributed by atoms with Crippen molar-refractivity contribution in [1.82, 2.24) is 10.6 Å². The van der Waals surface area contributed by atoms with E-state index in [9.17, 15) is 23.6 Å². The number of nitrogens with zero attached hydrogens (tertiary/aromatic N) is 1. The molecule has 0 bridgehead atoms. The van der Waals surface area contributed by atoms with E-state index >= 15 is 0 Å². The van der Waals surface area contributed by atoms with Crippen LogP contribution in [0.1, 0.15) is 73.6 Å². The number of carbonyl (C=O) groups excluding carboxylic acids is 4. The number of anilines is 2. The summed E-state index contributed by atoms with van der Waals surface area (Å²) >= 11 is 0. The summed E-state index contributed by atoms with van der Waals surface area (Å²) in [6.07, 6.45) is 2.15. The number of hydrogen-bond donors (Lipinski definition) is 3. The number of nitrogens with one attached hydrogen (secondary N) is 3. The van der Waals surface area contributed by atoms with E-state index in [0.717, 1.165) is 0 Å². The Hall–Kier alpha value is -3.21. The maximum Gasteiger partial charge on any atom is 0.308 e. The third-order valence-corrected chi connectivity index (χ3v) is 6.47. The van der Waals surface area contributed by atoms with Crippen LogP contribution in [0.2, 0.25) is 0 Å². The molecule has 1 atom stereocenters. The molecule has 0 aromatic heterocycles. The molecule has 2 heterocycles. The van der Waals surface area contributed by atoms with Crippen LogP contribution in [0, 0.1) is 5.82 Å². The topological polar surface area (TPSA) is 126 Å². The van der Waals surface area contributed by atoms with E-state index in [1.807, 2.05) is 25.7 Å². The summed E-state index contributed by atoms with van der Waals surface area (Å²) in [5.41, 5.74) is -0.456. The molecule has 0 aliphatic carbocycles. The minimum Gasteiger partial charge on any atom is -0.460 e. The van der Waals surface area contributed by atoms with Crippen molar-refractivity contribution >= 4 is 35.6 Å². The first kappa shape index (κ1) is 32.0. The molecule has 2 aliphatic heterocycles. The molecule has 11 heteroatoms. The number of hydrogen-bond acceptors (Lipinski definition) is 8. The molecule has 1 aromatic rings. The molecule has 0 saturated carbocycles. The average molecular weight is 551 g/mol. The summed E-state index contributed by atoms with van der Waals surface area (Å²) in [6.45, 7) is 12.3. The van der Waals surface area contributed by atoms with Crippen LogP contribution in [-0.2, 0) is 28.7 Å². The second-order valence-corrected chi connectivity index (χ2v) is 11.9. The fraction of sp³-hybridized carbons (Fsp3) is 0.643. The molecule has 3 rings (SSSR count). The lowest BCUT2D eigenvalue weighted by molar-refractivity contribution is -0.157. The van der Waals surface area contributed by atoms with Gasteiger partial charge in [0.05, 0.1) is 23.2 Å². The van der Waals surface area contributed by atoms with Crippen LogP contribution in [0.3, 0.4) is 0 Å². The van der Waals surface area contributed by atoms with Crippen molar-refractivity contribution in [2.75, 3.05) is 30.4 Å². The largest absolute Gasteiger partial charge is 0.460 e. The number of benzene rings is 1. The second kappa shape index (κ2) is 13.2. The maximum absolute atomic E-state index is 14.9. The predicted octanol–water partition coefficient (Wildman–Crippen LogP) is 3.29. The number of imide groups is 1. The minimum absolute atomic E-state index is 0.0417. The Morgan fingerprint density at radius 2 is 1.77 bits per heavy atom. The molecule has 0 radical (unpaired) electrons. The zero-order valence-electron chi connectivity index (χ0n) is 24.1. The summed E-state index contributed by atoms with van der Waals surface area (Å²) in [7, 11) is 1.71. The first-order valence-electron chi connectivity index (χ1n) is 13.2. The van der Waals surface area contributed by atoms with Gasteiger partial charge in [-0.05, 0) is 79.0 Å². The summed E-state index contributed by atoms with van der Waals surface area (Å²) in [6, 6.07) is 4.06. The highest BCUT2D eigenvalue weighted by molar-refractivity contribution is 6.01. The van der Waals surface area contributed by atoms with Crippen LogP contribution in [-0.4, -0.2) is 67.2 Å². The first-order valence-corrected chi connectivity index (χ1v) is 13.2. The lowest BCUT2D eigenvalue weighted by atomic mass is 9.84. The highest BCUT2D eigenvalue weighted by Crippen LogP contribution is 2.32. The number of halogens is 1. The van der Waals surface area contributed by atoms with Gasteiger partial charge < -0.3 is 25.0 Å². The zero-order valence-corrected chi connectivity index (χ0v) is 24.1. The van der Waals surface area contributed by atoms with Crippen LogP contribution in [0.25, 0.3) is 0 Å². The van der Waals surface area contributed by atoms with Gasteiger partial charge in [0.25, 0.3) is 0 Å². The Kier molecular flexibility index (Phi) is 10.9. The van der Waals surface area contributed by atoms with Gasteiger partial charge in [0.2, 0.25) is 18.2 Å². The molecule has 3 amide bonds. The van der Waals surface area contributed by atoms with Crippen LogP contribution >= 0.6 is 0 Å². The van der Waals surface area contributed by atoms with Gasteiger partial charge in [0.15, 0.2) is 0 Å².